The molecule has 1 unspecified atom stereocenters. The monoisotopic (exact) mass is 385 g/mol. The van der Waals surface area contributed by atoms with E-state index < -0.39 is 23.5 Å². The number of rotatable bonds is 4. The highest BCUT2D eigenvalue weighted by molar-refractivity contribution is 5.88. The topological polar surface area (TPSA) is 58.4 Å². The molecule has 146 valence electrons. The molecule has 0 radical (unpaired) electrons. The molecule has 1 atom stereocenters. The first-order valence-electron chi connectivity index (χ1n) is 8.51. The predicted octanol–water partition coefficient (Wildman–Crippen LogP) is 3.88. The van der Waals surface area contributed by atoms with Gasteiger partial charge in [-0.25, -0.2) is 9.18 Å². The van der Waals surface area contributed by atoms with Gasteiger partial charge in [0.05, 0.1) is 17.3 Å². The van der Waals surface area contributed by atoms with Crippen LogP contribution in [0.4, 0.5) is 17.6 Å². The molecule has 1 aliphatic rings. The summed E-state index contributed by atoms with van der Waals surface area (Å²) in [7, 11) is 0. The third-order valence-corrected chi connectivity index (χ3v) is 4.69. The van der Waals surface area contributed by atoms with Gasteiger partial charge in [0, 0.05) is 19.3 Å². The fourth-order valence-corrected chi connectivity index (χ4v) is 3.43. The van der Waals surface area contributed by atoms with Crippen LogP contribution in [0.5, 0.6) is 0 Å². The van der Waals surface area contributed by atoms with Crippen molar-refractivity contribution in [1.29, 1.82) is 0 Å². The quantitative estimate of drug-likeness (QED) is 0.812. The number of aromatic nitrogens is 2. The van der Waals surface area contributed by atoms with Crippen molar-refractivity contribution in [3.63, 3.8) is 0 Å². The van der Waals surface area contributed by atoms with E-state index in [-0.39, 0.29) is 23.7 Å². The summed E-state index contributed by atoms with van der Waals surface area (Å²) < 4.78 is 53.8. The number of likely N-dealkylation sites (tertiary alicyclic amines) is 1. The van der Waals surface area contributed by atoms with Crippen LogP contribution in [0.15, 0.2) is 24.4 Å². The van der Waals surface area contributed by atoms with Crippen LogP contribution in [0.3, 0.4) is 0 Å². The van der Waals surface area contributed by atoms with Gasteiger partial charge < -0.3 is 5.11 Å². The van der Waals surface area contributed by atoms with Gasteiger partial charge in [-0.3, -0.25) is 9.58 Å². The molecule has 1 N–H and O–H groups in total. The summed E-state index contributed by atoms with van der Waals surface area (Å²) in [6.07, 6.45) is -1.54. The molecule has 1 fully saturated rings. The summed E-state index contributed by atoms with van der Waals surface area (Å²) >= 11 is 0. The van der Waals surface area contributed by atoms with Crippen molar-refractivity contribution in [3.8, 4) is 0 Å². The van der Waals surface area contributed by atoms with Gasteiger partial charge in [0.1, 0.15) is 11.4 Å². The van der Waals surface area contributed by atoms with Crippen LogP contribution in [0, 0.1) is 12.7 Å². The van der Waals surface area contributed by atoms with Gasteiger partial charge in [0.15, 0.2) is 0 Å². The molecule has 0 aliphatic carbocycles. The zero-order chi connectivity index (χ0) is 19.8. The highest BCUT2D eigenvalue weighted by Crippen LogP contribution is 2.31. The Balaban J connectivity index is 1.75. The molecule has 1 aromatic heterocycles. The van der Waals surface area contributed by atoms with Gasteiger partial charge >= 0.3 is 12.1 Å². The molecule has 2 heterocycles. The van der Waals surface area contributed by atoms with E-state index in [0.717, 1.165) is 25.0 Å². The second-order valence-electron chi connectivity index (χ2n) is 6.79. The van der Waals surface area contributed by atoms with E-state index in [1.807, 2.05) is 4.90 Å². The lowest BCUT2D eigenvalue weighted by Crippen LogP contribution is -2.36. The number of piperidine rings is 1. The highest BCUT2D eigenvalue weighted by Gasteiger charge is 2.32. The number of hydrogen-bond acceptors (Lipinski definition) is 3. The van der Waals surface area contributed by atoms with E-state index in [1.54, 1.807) is 11.6 Å². The zero-order valence-electron chi connectivity index (χ0n) is 14.6. The standard InChI is InChI=1S/C18H19F4N3O2/c1-11-16(17(26)27)10-25(23-11)15-3-2-4-24(9-15)8-12-5-13(18(20,21)22)7-14(19)6-12/h5-7,10,15H,2-4,8-9H2,1H3,(H,26,27). The summed E-state index contributed by atoms with van der Waals surface area (Å²) in [4.78, 5) is 13.1. The number of hydrogen-bond donors (Lipinski definition) is 1. The Labute approximate surface area is 153 Å². The van der Waals surface area contributed by atoms with Crippen molar-refractivity contribution < 1.29 is 27.5 Å². The molecule has 0 spiro atoms. The number of benzene rings is 1. The van der Waals surface area contributed by atoms with E-state index in [0.29, 0.717) is 24.8 Å². The average molecular weight is 385 g/mol. The molecule has 1 saturated heterocycles. The van der Waals surface area contributed by atoms with E-state index in [1.165, 1.54) is 6.20 Å². The Bertz CT molecular complexity index is 848. The minimum atomic E-state index is -4.60. The molecule has 0 saturated carbocycles. The molecular weight excluding hydrogens is 366 g/mol. The zero-order valence-corrected chi connectivity index (χ0v) is 14.6. The Kier molecular flexibility index (Phi) is 5.23. The number of alkyl halides is 3. The third kappa shape index (κ3) is 4.47. The number of halogens is 4. The van der Waals surface area contributed by atoms with Crippen molar-refractivity contribution in [2.45, 2.75) is 38.5 Å². The number of nitrogens with zero attached hydrogens (tertiary/aromatic N) is 3. The summed E-state index contributed by atoms with van der Waals surface area (Å²) in [5.74, 6) is -1.96. The lowest BCUT2D eigenvalue weighted by molar-refractivity contribution is -0.137. The maximum absolute atomic E-state index is 13.6. The van der Waals surface area contributed by atoms with Crippen LogP contribution in [0.1, 0.15) is 46.1 Å². The molecule has 1 aromatic carbocycles. The second kappa shape index (κ2) is 7.30. The van der Waals surface area contributed by atoms with Gasteiger partial charge in [0.25, 0.3) is 0 Å². The van der Waals surface area contributed by atoms with Crippen LogP contribution in [-0.4, -0.2) is 38.8 Å². The number of aryl methyl sites for hydroxylation is 1. The van der Waals surface area contributed by atoms with E-state index in [9.17, 15) is 22.4 Å². The average Bonchev–Trinajstić information content (AvgIpc) is 2.96. The highest BCUT2D eigenvalue weighted by atomic mass is 19.4. The van der Waals surface area contributed by atoms with Gasteiger partial charge in [-0.05, 0) is 50.1 Å². The van der Waals surface area contributed by atoms with Gasteiger partial charge in [-0.15, -0.1) is 0 Å². The lowest BCUT2D eigenvalue weighted by Gasteiger charge is -2.33. The first kappa shape index (κ1) is 19.3. The van der Waals surface area contributed by atoms with Crippen LogP contribution in [0.2, 0.25) is 0 Å². The molecule has 3 rings (SSSR count). The molecule has 0 bridgehead atoms. The van der Waals surface area contributed by atoms with Gasteiger partial charge in [-0.2, -0.15) is 18.3 Å². The minimum Gasteiger partial charge on any atom is -0.478 e. The number of aromatic carboxylic acids is 1. The maximum Gasteiger partial charge on any atom is 0.416 e. The predicted molar refractivity (Wildman–Crippen MR) is 88.9 cm³/mol. The number of carboxylic acid groups (broad SMARTS) is 1. The molecule has 0 amide bonds. The smallest absolute Gasteiger partial charge is 0.416 e. The lowest BCUT2D eigenvalue weighted by atomic mass is 10.0. The van der Waals surface area contributed by atoms with Crippen LogP contribution in [0.25, 0.3) is 0 Å². The first-order valence-corrected chi connectivity index (χ1v) is 8.51. The summed E-state index contributed by atoms with van der Waals surface area (Å²) in [6, 6.07) is 2.48. The minimum absolute atomic E-state index is 0.0822. The SMILES string of the molecule is Cc1nn(C2CCCN(Cc3cc(F)cc(C(F)(F)F)c3)C2)cc1C(=O)O. The Morgan fingerprint density at radius 2 is 2.07 bits per heavy atom. The fraction of sp³-hybridized carbons (Fsp3) is 0.444. The summed E-state index contributed by atoms with van der Waals surface area (Å²) in [5, 5.41) is 13.4. The van der Waals surface area contributed by atoms with E-state index >= 15 is 0 Å². The van der Waals surface area contributed by atoms with Crippen LogP contribution < -0.4 is 0 Å². The summed E-state index contributed by atoms with van der Waals surface area (Å²) in [5.41, 5.74) is -0.197. The van der Waals surface area contributed by atoms with Crippen LogP contribution >= 0.6 is 0 Å². The fourth-order valence-electron chi connectivity index (χ4n) is 3.43. The molecule has 9 heteroatoms. The molecule has 27 heavy (non-hydrogen) atoms. The van der Waals surface area contributed by atoms with Crippen molar-refractivity contribution in [3.05, 3.63) is 52.6 Å². The number of carboxylic acids is 1. The molecule has 1 aliphatic heterocycles. The molecule has 2 aromatic rings. The number of carbonyl (C=O) groups is 1. The Morgan fingerprint density at radius 3 is 2.70 bits per heavy atom. The summed E-state index contributed by atoms with van der Waals surface area (Å²) in [6.45, 7) is 2.97. The second-order valence-corrected chi connectivity index (χ2v) is 6.79. The largest absolute Gasteiger partial charge is 0.478 e. The van der Waals surface area contributed by atoms with Crippen LogP contribution in [-0.2, 0) is 12.7 Å². The van der Waals surface area contributed by atoms with Crippen molar-refractivity contribution in [2.75, 3.05) is 13.1 Å². The van der Waals surface area contributed by atoms with E-state index in [2.05, 4.69) is 5.10 Å². The molecule has 5 nitrogen and oxygen atoms in total. The molecular formula is C18H19F4N3O2. The maximum atomic E-state index is 13.6. The normalized spacial score (nSPS) is 18.6. The first-order chi connectivity index (χ1) is 12.6. The Hall–Kier alpha value is -2.42. The van der Waals surface area contributed by atoms with Crippen molar-refractivity contribution in [1.82, 2.24) is 14.7 Å². The van der Waals surface area contributed by atoms with Crippen molar-refractivity contribution in [2.24, 2.45) is 0 Å². The Morgan fingerprint density at radius 1 is 1.33 bits per heavy atom. The van der Waals surface area contributed by atoms with Gasteiger partial charge in [0.2, 0.25) is 0 Å². The van der Waals surface area contributed by atoms with Crippen molar-refractivity contribution >= 4 is 5.97 Å². The van der Waals surface area contributed by atoms with E-state index in [4.69, 9.17) is 5.11 Å². The third-order valence-electron chi connectivity index (χ3n) is 4.69. The van der Waals surface area contributed by atoms with Gasteiger partial charge in [-0.1, -0.05) is 0 Å².